The van der Waals surface area contributed by atoms with Gasteiger partial charge in [0.15, 0.2) is 0 Å². The number of hydrogen-bond acceptors (Lipinski definition) is 0. The molecule has 1 saturated carbocycles. The second kappa shape index (κ2) is 2.10. The lowest BCUT2D eigenvalue weighted by Gasteiger charge is -2.09. The summed E-state index contributed by atoms with van der Waals surface area (Å²) in [5.74, 6) is 1.50. The van der Waals surface area contributed by atoms with Crippen molar-refractivity contribution in [1.82, 2.24) is 0 Å². The molecule has 58 valence electrons. The first-order chi connectivity index (χ1) is 5.35. The molecule has 0 nitrogen and oxygen atoms in total. The molecule has 0 bridgehead atoms. The Hall–Kier alpha value is -0.780. The van der Waals surface area contributed by atoms with Crippen LogP contribution in [0.25, 0.3) is 0 Å². The number of rotatable bonds is 2. The van der Waals surface area contributed by atoms with Crippen LogP contribution in [0.15, 0.2) is 37.5 Å². The zero-order valence-corrected chi connectivity index (χ0v) is 6.79. The average Bonchev–Trinajstić information content (AvgIpc) is 2.73. The Morgan fingerprint density at radius 2 is 2.27 bits per heavy atom. The number of hydrogen-bond donors (Lipinski definition) is 0. The van der Waals surface area contributed by atoms with E-state index in [4.69, 9.17) is 0 Å². The van der Waals surface area contributed by atoms with Crippen LogP contribution in [0.4, 0.5) is 0 Å². The van der Waals surface area contributed by atoms with Gasteiger partial charge in [0, 0.05) is 5.41 Å². The van der Waals surface area contributed by atoms with E-state index in [1.165, 1.54) is 12.8 Å². The first-order valence-electron chi connectivity index (χ1n) is 4.29. The van der Waals surface area contributed by atoms with Crippen molar-refractivity contribution in [2.45, 2.75) is 12.8 Å². The van der Waals surface area contributed by atoms with Crippen LogP contribution >= 0.6 is 0 Å². The smallest absolute Gasteiger partial charge is 0.0159 e. The summed E-state index contributed by atoms with van der Waals surface area (Å²) in [6.45, 7) is 7.76. The quantitative estimate of drug-likeness (QED) is 0.525. The lowest BCUT2D eigenvalue weighted by Crippen LogP contribution is -1.99. The van der Waals surface area contributed by atoms with Crippen molar-refractivity contribution in [2.24, 2.45) is 17.3 Å². The fourth-order valence-corrected chi connectivity index (χ4v) is 2.49. The zero-order chi connectivity index (χ0) is 7.90. The molecule has 2 rings (SSSR count). The summed E-state index contributed by atoms with van der Waals surface area (Å²) >= 11 is 0. The van der Waals surface area contributed by atoms with E-state index in [-0.39, 0.29) is 0 Å². The van der Waals surface area contributed by atoms with Gasteiger partial charge in [-0.3, -0.25) is 0 Å². The molecule has 0 aromatic rings. The highest BCUT2D eigenvalue weighted by molar-refractivity contribution is 5.33. The Bertz CT molecular complexity index is 224. The van der Waals surface area contributed by atoms with Crippen LogP contribution in [0.5, 0.6) is 0 Å². The largest absolute Gasteiger partial charge is 0.103 e. The molecule has 2 aliphatic rings. The molecule has 0 saturated heterocycles. The molecular weight excluding hydrogens is 132 g/mol. The molecule has 0 aromatic heterocycles. The minimum absolute atomic E-state index is 0.319. The normalized spacial score (nSPS) is 46.2. The van der Waals surface area contributed by atoms with Gasteiger partial charge in [0.05, 0.1) is 0 Å². The van der Waals surface area contributed by atoms with Crippen molar-refractivity contribution < 1.29 is 0 Å². The molecule has 0 heteroatoms. The summed E-state index contributed by atoms with van der Waals surface area (Å²) in [4.78, 5) is 0. The van der Waals surface area contributed by atoms with Gasteiger partial charge >= 0.3 is 0 Å². The highest BCUT2D eigenvalue weighted by Gasteiger charge is 2.59. The van der Waals surface area contributed by atoms with Gasteiger partial charge < -0.3 is 0 Å². The Labute approximate surface area is 68.3 Å². The average molecular weight is 146 g/mol. The fraction of sp³-hybridized carbons (Fsp3) is 0.455. The van der Waals surface area contributed by atoms with E-state index in [9.17, 15) is 0 Å². The Kier molecular flexibility index (Phi) is 1.32. The van der Waals surface area contributed by atoms with Crippen LogP contribution in [0, 0.1) is 17.3 Å². The summed E-state index contributed by atoms with van der Waals surface area (Å²) in [7, 11) is 0. The van der Waals surface area contributed by atoms with E-state index in [2.05, 4.69) is 37.5 Å². The number of allylic oxidation sites excluding steroid dienone is 4. The monoisotopic (exact) mass is 146 g/mol. The van der Waals surface area contributed by atoms with Crippen LogP contribution in [0.1, 0.15) is 12.8 Å². The molecule has 0 radical (unpaired) electrons. The summed E-state index contributed by atoms with van der Waals surface area (Å²) in [5, 5.41) is 0. The van der Waals surface area contributed by atoms with Crippen molar-refractivity contribution in [1.29, 1.82) is 0 Å². The highest BCUT2D eigenvalue weighted by atomic mass is 14.6. The standard InChI is InChI=1S/C11H14/c1-3-9-10-7-5-6-8-11(9,10)4-2/h3-4,6,8-10H,1-2,5,7H2. The van der Waals surface area contributed by atoms with Crippen LogP contribution < -0.4 is 0 Å². The predicted octanol–water partition coefficient (Wildman–Crippen LogP) is 2.94. The van der Waals surface area contributed by atoms with Gasteiger partial charge in [-0.1, -0.05) is 24.3 Å². The molecule has 11 heavy (non-hydrogen) atoms. The summed E-state index contributed by atoms with van der Waals surface area (Å²) in [6, 6.07) is 0. The van der Waals surface area contributed by atoms with Crippen LogP contribution in [0.2, 0.25) is 0 Å². The van der Waals surface area contributed by atoms with Crippen molar-refractivity contribution in [3.8, 4) is 0 Å². The third-order valence-electron chi connectivity index (χ3n) is 3.20. The second-order valence-electron chi connectivity index (χ2n) is 3.55. The van der Waals surface area contributed by atoms with Gasteiger partial charge in [-0.25, -0.2) is 0 Å². The van der Waals surface area contributed by atoms with Gasteiger partial charge in [-0.05, 0) is 24.7 Å². The second-order valence-corrected chi connectivity index (χ2v) is 3.55. The highest BCUT2D eigenvalue weighted by Crippen LogP contribution is 2.65. The van der Waals surface area contributed by atoms with E-state index in [0.717, 1.165) is 5.92 Å². The molecule has 0 aromatic carbocycles. The lowest BCUT2D eigenvalue weighted by atomic mass is 9.95. The molecule has 0 heterocycles. The predicted molar refractivity (Wildman–Crippen MR) is 48.2 cm³/mol. The van der Waals surface area contributed by atoms with E-state index < -0.39 is 0 Å². The van der Waals surface area contributed by atoms with Crippen molar-refractivity contribution in [2.75, 3.05) is 0 Å². The van der Waals surface area contributed by atoms with Crippen molar-refractivity contribution in [3.05, 3.63) is 37.5 Å². The van der Waals surface area contributed by atoms with E-state index in [0.29, 0.717) is 11.3 Å². The fourth-order valence-electron chi connectivity index (χ4n) is 2.49. The minimum Gasteiger partial charge on any atom is -0.103 e. The summed E-state index contributed by atoms with van der Waals surface area (Å²) < 4.78 is 0. The SMILES string of the molecule is C=CC1C2CCC=CC12C=C. The van der Waals surface area contributed by atoms with Crippen LogP contribution in [0.3, 0.4) is 0 Å². The van der Waals surface area contributed by atoms with Crippen LogP contribution in [-0.2, 0) is 0 Å². The molecule has 3 unspecified atom stereocenters. The maximum absolute atomic E-state index is 3.90. The summed E-state index contributed by atoms with van der Waals surface area (Å²) in [6.07, 6.45) is 11.3. The third kappa shape index (κ3) is 0.699. The maximum atomic E-state index is 3.90. The Morgan fingerprint density at radius 1 is 1.45 bits per heavy atom. The van der Waals surface area contributed by atoms with Gasteiger partial charge in [-0.15, -0.1) is 13.2 Å². The molecular formula is C11H14. The van der Waals surface area contributed by atoms with Crippen molar-refractivity contribution >= 4 is 0 Å². The Morgan fingerprint density at radius 3 is 2.82 bits per heavy atom. The van der Waals surface area contributed by atoms with Gasteiger partial charge in [0.2, 0.25) is 0 Å². The Balaban J connectivity index is 2.29. The lowest BCUT2D eigenvalue weighted by molar-refractivity contribution is 0.611. The molecule has 0 amide bonds. The molecule has 2 aliphatic carbocycles. The topological polar surface area (TPSA) is 0 Å². The first-order valence-corrected chi connectivity index (χ1v) is 4.29. The minimum atomic E-state index is 0.319. The first kappa shape index (κ1) is 6.90. The third-order valence-corrected chi connectivity index (χ3v) is 3.20. The van der Waals surface area contributed by atoms with Gasteiger partial charge in [0.25, 0.3) is 0 Å². The molecule has 3 atom stereocenters. The van der Waals surface area contributed by atoms with E-state index in [1.54, 1.807) is 0 Å². The number of fused-ring (bicyclic) bond motifs is 1. The molecule has 0 spiro atoms. The molecule has 1 fully saturated rings. The van der Waals surface area contributed by atoms with Crippen LogP contribution in [-0.4, -0.2) is 0 Å². The molecule has 0 N–H and O–H groups in total. The van der Waals surface area contributed by atoms with Gasteiger partial charge in [0.1, 0.15) is 0 Å². The van der Waals surface area contributed by atoms with E-state index >= 15 is 0 Å². The summed E-state index contributed by atoms with van der Waals surface area (Å²) in [5.41, 5.74) is 0.319. The van der Waals surface area contributed by atoms with Gasteiger partial charge in [-0.2, -0.15) is 0 Å². The van der Waals surface area contributed by atoms with Crippen molar-refractivity contribution in [3.63, 3.8) is 0 Å². The maximum Gasteiger partial charge on any atom is 0.0159 e. The zero-order valence-electron chi connectivity index (χ0n) is 6.79. The van der Waals surface area contributed by atoms with E-state index in [1.807, 2.05) is 0 Å². The molecule has 0 aliphatic heterocycles.